The van der Waals surface area contributed by atoms with Crippen LogP contribution >= 0.6 is 0 Å². The number of aromatic nitrogens is 1. The average molecular weight is 289 g/mol. The van der Waals surface area contributed by atoms with Crippen LogP contribution in [0.2, 0.25) is 0 Å². The lowest BCUT2D eigenvalue weighted by atomic mass is 10.1. The standard InChI is InChI=1S/C13H11N3O5/c1-7-5-10(17)15(13(19)11(7)12(14)18)8-3-2-4-9(6-8)16(20)21/h2-6,19H,1H3,(H2,14,18). The van der Waals surface area contributed by atoms with E-state index in [0.29, 0.717) is 0 Å². The molecule has 8 heteroatoms. The minimum Gasteiger partial charge on any atom is -0.494 e. The summed E-state index contributed by atoms with van der Waals surface area (Å²) in [4.78, 5) is 33.5. The Hall–Kier alpha value is -3.16. The molecule has 3 N–H and O–H groups in total. The Morgan fingerprint density at radius 1 is 1.38 bits per heavy atom. The molecule has 1 aromatic carbocycles. The van der Waals surface area contributed by atoms with Gasteiger partial charge in [0.2, 0.25) is 5.88 Å². The molecule has 0 unspecified atom stereocenters. The zero-order valence-electron chi connectivity index (χ0n) is 10.9. The van der Waals surface area contributed by atoms with Gasteiger partial charge in [-0.2, -0.15) is 0 Å². The monoisotopic (exact) mass is 289 g/mol. The summed E-state index contributed by atoms with van der Waals surface area (Å²) in [5.74, 6) is -1.54. The Bertz CT molecular complexity index is 810. The third kappa shape index (κ3) is 2.46. The molecule has 0 saturated heterocycles. The van der Waals surface area contributed by atoms with Crippen molar-refractivity contribution in [2.45, 2.75) is 6.92 Å². The van der Waals surface area contributed by atoms with Crippen molar-refractivity contribution in [3.63, 3.8) is 0 Å². The van der Waals surface area contributed by atoms with E-state index in [-0.39, 0.29) is 22.5 Å². The first-order valence-corrected chi connectivity index (χ1v) is 5.83. The molecular weight excluding hydrogens is 278 g/mol. The second-order valence-corrected chi connectivity index (χ2v) is 4.34. The number of nitro benzene ring substituents is 1. The average Bonchev–Trinajstić information content (AvgIpc) is 2.37. The molecule has 0 radical (unpaired) electrons. The molecule has 0 aliphatic heterocycles. The molecule has 0 spiro atoms. The fraction of sp³-hybridized carbons (Fsp3) is 0.0769. The van der Waals surface area contributed by atoms with Crippen LogP contribution in [0.5, 0.6) is 5.88 Å². The first-order valence-electron chi connectivity index (χ1n) is 5.83. The van der Waals surface area contributed by atoms with Crippen LogP contribution in [0.1, 0.15) is 15.9 Å². The van der Waals surface area contributed by atoms with Gasteiger partial charge in [-0.15, -0.1) is 0 Å². The Morgan fingerprint density at radius 3 is 2.62 bits per heavy atom. The highest BCUT2D eigenvalue weighted by Crippen LogP contribution is 2.24. The number of hydrogen-bond donors (Lipinski definition) is 2. The van der Waals surface area contributed by atoms with Crippen LogP contribution in [-0.2, 0) is 0 Å². The van der Waals surface area contributed by atoms with Crippen molar-refractivity contribution in [2.75, 3.05) is 0 Å². The molecule has 1 aromatic heterocycles. The van der Waals surface area contributed by atoms with Crippen molar-refractivity contribution in [3.8, 4) is 11.6 Å². The fourth-order valence-electron chi connectivity index (χ4n) is 2.01. The Kier molecular flexibility index (Phi) is 3.45. The van der Waals surface area contributed by atoms with E-state index in [1.54, 1.807) is 0 Å². The van der Waals surface area contributed by atoms with Crippen molar-refractivity contribution < 1.29 is 14.8 Å². The van der Waals surface area contributed by atoms with Gasteiger partial charge in [0.15, 0.2) is 0 Å². The maximum Gasteiger partial charge on any atom is 0.271 e. The van der Waals surface area contributed by atoms with E-state index < -0.39 is 22.3 Å². The SMILES string of the molecule is Cc1cc(=O)n(-c2cccc([N+](=O)[O-])c2)c(O)c1C(N)=O. The maximum absolute atomic E-state index is 12.0. The molecule has 0 atom stereocenters. The molecular formula is C13H11N3O5. The van der Waals surface area contributed by atoms with E-state index in [0.717, 1.165) is 16.7 Å². The number of hydrogen-bond acceptors (Lipinski definition) is 5. The number of carbonyl (C=O) groups excluding carboxylic acids is 1. The van der Waals surface area contributed by atoms with E-state index in [1.165, 1.54) is 25.1 Å². The number of nitrogens with zero attached hydrogens (tertiary/aromatic N) is 2. The van der Waals surface area contributed by atoms with Gasteiger partial charge in [0.05, 0.1) is 10.6 Å². The molecule has 2 rings (SSSR count). The number of aromatic hydroxyl groups is 1. The number of amides is 1. The quantitative estimate of drug-likeness (QED) is 0.639. The summed E-state index contributed by atoms with van der Waals surface area (Å²) in [7, 11) is 0. The molecule has 0 saturated carbocycles. The molecule has 0 fully saturated rings. The van der Waals surface area contributed by atoms with Gasteiger partial charge in [-0.1, -0.05) is 6.07 Å². The lowest BCUT2D eigenvalue weighted by molar-refractivity contribution is -0.384. The number of carbonyl (C=O) groups is 1. The van der Waals surface area contributed by atoms with Crippen LogP contribution in [0.15, 0.2) is 35.1 Å². The Balaban J connectivity index is 2.78. The first-order chi connectivity index (χ1) is 9.82. The molecule has 108 valence electrons. The van der Waals surface area contributed by atoms with Gasteiger partial charge < -0.3 is 10.8 Å². The van der Waals surface area contributed by atoms with Gasteiger partial charge in [-0.25, -0.2) is 4.57 Å². The number of rotatable bonds is 3. The lowest BCUT2D eigenvalue weighted by Crippen LogP contribution is -2.23. The van der Waals surface area contributed by atoms with Crippen LogP contribution < -0.4 is 11.3 Å². The van der Waals surface area contributed by atoms with Gasteiger partial charge in [0.25, 0.3) is 17.2 Å². The normalized spacial score (nSPS) is 10.3. The zero-order valence-corrected chi connectivity index (χ0v) is 10.9. The molecule has 21 heavy (non-hydrogen) atoms. The molecule has 1 amide bonds. The van der Waals surface area contributed by atoms with Gasteiger partial charge in [-0.05, 0) is 18.6 Å². The summed E-state index contributed by atoms with van der Waals surface area (Å²) >= 11 is 0. The highest BCUT2D eigenvalue weighted by atomic mass is 16.6. The first kappa shape index (κ1) is 14.3. The summed E-state index contributed by atoms with van der Waals surface area (Å²) in [5, 5.41) is 20.9. The fourth-order valence-corrected chi connectivity index (χ4v) is 2.01. The van der Waals surface area contributed by atoms with Gasteiger partial charge in [0.1, 0.15) is 5.56 Å². The number of nitrogens with two attached hydrogens (primary N) is 1. The predicted molar refractivity (Wildman–Crippen MR) is 73.6 cm³/mol. The topological polar surface area (TPSA) is 128 Å². The van der Waals surface area contributed by atoms with E-state index in [2.05, 4.69) is 0 Å². The van der Waals surface area contributed by atoms with Crippen LogP contribution in [0.4, 0.5) is 5.69 Å². The van der Waals surface area contributed by atoms with Crippen LogP contribution in [-0.4, -0.2) is 20.5 Å². The zero-order chi connectivity index (χ0) is 15.7. The van der Waals surface area contributed by atoms with Crippen molar-refractivity contribution in [1.82, 2.24) is 4.57 Å². The number of nitro groups is 1. The summed E-state index contributed by atoms with van der Waals surface area (Å²) in [6, 6.07) is 6.24. The Morgan fingerprint density at radius 2 is 2.05 bits per heavy atom. The lowest BCUT2D eigenvalue weighted by Gasteiger charge is -2.12. The number of primary amides is 1. The minimum atomic E-state index is -0.899. The van der Waals surface area contributed by atoms with Crippen molar-refractivity contribution >= 4 is 11.6 Å². The summed E-state index contributed by atoms with van der Waals surface area (Å²) in [5.41, 5.74) is 4.37. The highest BCUT2D eigenvalue weighted by molar-refractivity contribution is 5.96. The summed E-state index contributed by atoms with van der Waals surface area (Å²) in [6.45, 7) is 1.46. The van der Waals surface area contributed by atoms with E-state index >= 15 is 0 Å². The molecule has 2 aromatic rings. The Labute approximate surface area is 118 Å². The van der Waals surface area contributed by atoms with Crippen LogP contribution in [0.25, 0.3) is 5.69 Å². The van der Waals surface area contributed by atoms with Gasteiger partial charge in [0, 0.05) is 18.2 Å². The molecule has 8 nitrogen and oxygen atoms in total. The molecule has 0 bridgehead atoms. The third-order valence-corrected chi connectivity index (χ3v) is 2.94. The van der Waals surface area contributed by atoms with Gasteiger partial charge >= 0.3 is 0 Å². The second-order valence-electron chi connectivity index (χ2n) is 4.34. The third-order valence-electron chi connectivity index (χ3n) is 2.94. The van der Waals surface area contributed by atoms with Crippen LogP contribution in [0, 0.1) is 17.0 Å². The summed E-state index contributed by atoms with van der Waals surface area (Å²) in [6.07, 6.45) is 0. The van der Waals surface area contributed by atoms with Crippen molar-refractivity contribution in [1.29, 1.82) is 0 Å². The largest absolute Gasteiger partial charge is 0.494 e. The minimum absolute atomic E-state index is 0.0641. The molecule has 0 aliphatic carbocycles. The summed E-state index contributed by atoms with van der Waals surface area (Å²) < 4.78 is 0.792. The van der Waals surface area contributed by atoms with E-state index in [4.69, 9.17) is 5.73 Å². The smallest absolute Gasteiger partial charge is 0.271 e. The van der Waals surface area contributed by atoms with E-state index in [1.807, 2.05) is 0 Å². The second kappa shape index (κ2) is 5.08. The van der Waals surface area contributed by atoms with Crippen LogP contribution in [0.3, 0.4) is 0 Å². The van der Waals surface area contributed by atoms with Gasteiger partial charge in [-0.3, -0.25) is 19.7 Å². The van der Waals surface area contributed by atoms with Crippen molar-refractivity contribution in [2.24, 2.45) is 5.73 Å². The predicted octanol–water partition coefficient (Wildman–Crippen LogP) is 0.859. The number of aryl methyl sites for hydroxylation is 1. The van der Waals surface area contributed by atoms with Crippen molar-refractivity contribution in [3.05, 3.63) is 61.9 Å². The number of non-ortho nitro benzene ring substituents is 1. The maximum atomic E-state index is 12.0. The molecule has 1 heterocycles. The molecule has 0 aliphatic rings. The highest BCUT2D eigenvalue weighted by Gasteiger charge is 2.19. The number of pyridine rings is 1. The van der Waals surface area contributed by atoms with E-state index in [9.17, 15) is 24.8 Å². The number of benzene rings is 1.